The Hall–Kier alpha value is -1.58. The lowest BCUT2D eigenvalue weighted by Crippen LogP contribution is -2.19. The highest BCUT2D eigenvalue weighted by Gasteiger charge is 2.13. The zero-order valence-electron chi connectivity index (χ0n) is 8.22. The Morgan fingerprint density at radius 1 is 1.79 bits per heavy atom. The summed E-state index contributed by atoms with van der Waals surface area (Å²) < 4.78 is 6.76. The van der Waals surface area contributed by atoms with Crippen LogP contribution < -0.4 is 0 Å². The second-order valence-corrected chi connectivity index (χ2v) is 3.08. The molecule has 4 nitrogen and oxygen atoms in total. The lowest BCUT2D eigenvalue weighted by molar-refractivity contribution is -0.147. The van der Waals surface area contributed by atoms with Crippen LogP contribution in [0.1, 0.15) is 6.92 Å². The van der Waals surface area contributed by atoms with Gasteiger partial charge in [0, 0.05) is 18.9 Å². The Bertz CT molecular complexity index is 293. The first-order valence-corrected chi connectivity index (χ1v) is 4.47. The molecule has 1 aromatic heterocycles. The number of hydrogen-bond acceptors (Lipinski definition) is 3. The number of esters is 1. The fraction of sp³-hybridized carbons (Fsp3) is 0.400. The third-order valence-electron chi connectivity index (χ3n) is 1.79. The van der Waals surface area contributed by atoms with Crippen molar-refractivity contribution in [2.75, 3.05) is 6.61 Å². The molecule has 0 spiro atoms. The van der Waals surface area contributed by atoms with Gasteiger partial charge in [-0.15, -0.1) is 0 Å². The van der Waals surface area contributed by atoms with Crippen molar-refractivity contribution in [1.82, 2.24) is 9.55 Å². The quantitative estimate of drug-likeness (QED) is 0.523. The smallest absolute Gasteiger partial charge is 0.310 e. The summed E-state index contributed by atoms with van der Waals surface area (Å²) in [5.74, 6) is -0.372. The molecule has 4 heteroatoms. The number of imidazole rings is 1. The molecule has 1 atom stereocenters. The molecule has 0 aliphatic rings. The lowest BCUT2D eigenvalue weighted by atomic mass is 10.2. The van der Waals surface area contributed by atoms with Crippen molar-refractivity contribution in [2.45, 2.75) is 13.5 Å². The Labute approximate surface area is 83.2 Å². The van der Waals surface area contributed by atoms with E-state index in [2.05, 4.69) is 11.6 Å². The van der Waals surface area contributed by atoms with Crippen molar-refractivity contribution in [3.05, 3.63) is 31.4 Å². The zero-order valence-corrected chi connectivity index (χ0v) is 8.22. The number of aromatic nitrogens is 2. The number of ether oxygens (including phenoxy) is 1. The van der Waals surface area contributed by atoms with Gasteiger partial charge in [-0.05, 0) is 0 Å². The molecule has 0 aliphatic heterocycles. The molecule has 1 heterocycles. The van der Waals surface area contributed by atoms with Gasteiger partial charge < -0.3 is 9.30 Å². The third kappa shape index (κ3) is 3.05. The van der Waals surface area contributed by atoms with Gasteiger partial charge in [-0.2, -0.15) is 0 Å². The van der Waals surface area contributed by atoms with Crippen LogP contribution in [-0.2, 0) is 16.1 Å². The molecule has 0 aromatic carbocycles. The van der Waals surface area contributed by atoms with E-state index in [-0.39, 0.29) is 18.5 Å². The van der Waals surface area contributed by atoms with Gasteiger partial charge >= 0.3 is 5.97 Å². The van der Waals surface area contributed by atoms with Crippen LogP contribution in [0.15, 0.2) is 31.4 Å². The van der Waals surface area contributed by atoms with E-state index in [0.717, 1.165) is 0 Å². The first kappa shape index (κ1) is 10.5. The van der Waals surface area contributed by atoms with E-state index in [1.54, 1.807) is 18.6 Å². The highest BCUT2D eigenvalue weighted by Crippen LogP contribution is 2.02. The maximum Gasteiger partial charge on any atom is 0.310 e. The van der Waals surface area contributed by atoms with Gasteiger partial charge in [-0.25, -0.2) is 4.98 Å². The standard InChI is InChI=1S/C10H14N2O2/c1-3-6-14-10(13)9(2)7-12-5-4-11-8-12/h3-5,8-9H,1,6-7H2,2H3. The number of nitrogens with zero attached hydrogens (tertiary/aromatic N) is 2. The molecule has 0 N–H and O–H groups in total. The first-order valence-electron chi connectivity index (χ1n) is 4.47. The molecule has 0 saturated carbocycles. The van der Waals surface area contributed by atoms with Crippen LogP contribution in [0.5, 0.6) is 0 Å². The second kappa shape index (κ2) is 5.21. The van der Waals surface area contributed by atoms with Crippen molar-refractivity contribution in [2.24, 2.45) is 5.92 Å². The van der Waals surface area contributed by atoms with Gasteiger partial charge in [-0.1, -0.05) is 19.6 Å². The number of carbonyl (C=O) groups excluding carboxylic acids is 1. The van der Waals surface area contributed by atoms with Gasteiger partial charge in [0.1, 0.15) is 6.61 Å². The van der Waals surface area contributed by atoms with Crippen molar-refractivity contribution >= 4 is 5.97 Å². The molecule has 14 heavy (non-hydrogen) atoms. The maximum atomic E-state index is 11.3. The number of hydrogen-bond donors (Lipinski definition) is 0. The number of carbonyl (C=O) groups is 1. The van der Waals surface area contributed by atoms with Gasteiger partial charge in [0.2, 0.25) is 0 Å². The van der Waals surface area contributed by atoms with Gasteiger partial charge in [-0.3, -0.25) is 4.79 Å². The van der Waals surface area contributed by atoms with Gasteiger partial charge in [0.15, 0.2) is 0 Å². The molecule has 1 rings (SSSR count). The average Bonchev–Trinajstić information content (AvgIpc) is 2.66. The topological polar surface area (TPSA) is 44.1 Å². The highest BCUT2D eigenvalue weighted by molar-refractivity contribution is 5.71. The minimum Gasteiger partial charge on any atom is -0.461 e. The molecule has 0 fully saturated rings. The fourth-order valence-corrected chi connectivity index (χ4v) is 1.07. The van der Waals surface area contributed by atoms with Crippen molar-refractivity contribution in [3.63, 3.8) is 0 Å². The molecule has 0 radical (unpaired) electrons. The Balaban J connectivity index is 2.37. The van der Waals surface area contributed by atoms with Crippen LogP contribution in [0.2, 0.25) is 0 Å². The minimum absolute atomic E-state index is 0.163. The van der Waals surface area contributed by atoms with Crippen LogP contribution in [0.3, 0.4) is 0 Å². The van der Waals surface area contributed by atoms with E-state index in [0.29, 0.717) is 6.54 Å². The molecule has 1 unspecified atom stereocenters. The Kier molecular flexibility index (Phi) is 3.91. The molecule has 1 aromatic rings. The van der Waals surface area contributed by atoms with Crippen LogP contribution in [0, 0.1) is 5.92 Å². The van der Waals surface area contributed by atoms with Crippen LogP contribution in [0.4, 0.5) is 0 Å². The summed E-state index contributed by atoms with van der Waals surface area (Å²) in [6.45, 7) is 6.16. The first-order chi connectivity index (χ1) is 6.74. The van der Waals surface area contributed by atoms with Gasteiger partial charge in [0.05, 0.1) is 12.2 Å². The third-order valence-corrected chi connectivity index (χ3v) is 1.79. The molecule has 0 saturated heterocycles. The Morgan fingerprint density at radius 3 is 3.14 bits per heavy atom. The molecule has 0 amide bonds. The predicted octanol–water partition coefficient (Wildman–Crippen LogP) is 1.25. The largest absolute Gasteiger partial charge is 0.461 e. The predicted molar refractivity (Wildman–Crippen MR) is 52.5 cm³/mol. The van der Waals surface area contributed by atoms with Gasteiger partial charge in [0.25, 0.3) is 0 Å². The van der Waals surface area contributed by atoms with E-state index in [1.807, 2.05) is 17.7 Å². The monoisotopic (exact) mass is 194 g/mol. The van der Waals surface area contributed by atoms with Crippen molar-refractivity contribution < 1.29 is 9.53 Å². The van der Waals surface area contributed by atoms with Crippen molar-refractivity contribution in [1.29, 1.82) is 0 Å². The van der Waals surface area contributed by atoms with E-state index >= 15 is 0 Å². The summed E-state index contributed by atoms with van der Waals surface area (Å²) >= 11 is 0. The molecule has 76 valence electrons. The summed E-state index contributed by atoms with van der Waals surface area (Å²) in [6, 6.07) is 0. The molecular formula is C10H14N2O2. The van der Waals surface area contributed by atoms with Crippen LogP contribution >= 0.6 is 0 Å². The molecule has 0 aliphatic carbocycles. The summed E-state index contributed by atoms with van der Waals surface area (Å²) in [4.78, 5) is 15.2. The maximum absolute atomic E-state index is 11.3. The number of rotatable bonds is 5. The highest BCUT2D eigenvalue weighted by atomic mass is 16.5. The lowest BCUT2D eigenvalue weighted by Gasteiger charge is -2.10. The van der Waals surface area contributed by atoms with E-state index < -0.39 is 0 Å². The molecule has 0 bridgehead atoms. The molecular weight excluding hydrogens is 180 g/mol. The summed E-state index contributed by atoms with van der Waals surface area (Å²) in [5, 5.41) is 0. The van der Waals surface area contributed by atoms with Crippen molar-refractivity contribution in [3.8, 4) is 0 Å². The average molecular weight is 194 g/mol. The Morgan fingerprint density at radius 2 is 2.57 bits per heavy atom. The van der Waals surface area contributed by atoms with Crippen LogP contribution in [-0.4, -0.2) is 22.1 Å². The normalized spacial score (nSPS) is 12.1. The van der Waals surface area contributed by atoms with E-state index in [4.69, 9.17) is 4.74 Å². The summed E-state index contributed by atoms with van der Waals surface area (Å²) in [7, 11) is 0. The summed E-state index contributed by atoms with van der Waals surface area (Å²) in [5.41, 5.74) is 0. The zero-order chi connectivity index (χ0) is 10.4. The summed E-state index contributed by atoms with van der Waals surface area (Å²) in [6.07, 6.45) is 6.73. The second-order valence-electron chi connectivity index (χ2n) is 3.08. The minimum atomic E-state index is -0.210. The van der Waals surface area contributed by atoms with Crippen LogP contribution in [0.25, 0.3) is 0 Å². The SMILES string of the molecule is C=CCOC(=O)C(C)Cn1ccnc1. The fourth-order valence-electron chi connectivity index (χ4n) is 1.07. The van der Waals surface area contributed by atoms with E-state index in [1.165, 1.54) is 0 Å². The van der Waals surface area contributed by atoms with E-state index in [9.17, 15) is 4.79 Å².